The monoisotopic (exact) mass is 680 g/mol. The van der Waals surface area contributed by atoms with E-state index in [1.807, 2.05) is 0 Å². The lowest BCUT2D eigenvalue weighted by molar-refractivity contribution is -0.154. The Morgan fingerprint density at radius 2 is 0.854 bits per heavy atom. The van der Waals surface area contributed by atoms with Gasteiger partial charge in [-0.15, -0.1) is 0 Å². The molecule has 0 unspecified atom stereocenters. The molecule has 6 heteroatoms. The first kappa shape index (κ1) is 46.4. The Labute approximate surface area is 298 Å². The highest BCUT2D eigenvalue weighted by atomic mass is 16.5. The molecule has 0 aliphatic heterocycles. The molecular weight excluding hydrogens is 598 g/mol. The van der Waals surface area contributed by atoms with E-state index in [4.69, 9.17) is 9.47 Å². The zero-order chi connectivity index (χ0) is 35.5. The van der Waals surface area contributed by atoms with E-state index in [1.54, 1.807) is 0 Å². The van der Waals surface area contributed by atoms with E-state index in [1.165, 1.54) is 116 Å². The highest BCUT2D eigenvalue weighted by molar-refractivity contribution is 5.88. The summed E-state index contributed by atoms with van der Waals surface area (Å²) < 4.78 is 11.0. The fourth-order valence-corrected chi connectivity index (χ4v) is 6.17. The fraction of sp³-hybridized carbons (Fsp3) is 0.929. The van der Waals surface area contributed by atoms with Gasteiger partial charge in [0.05, 0.1) is 19.6 Å². The smallest absolute Gasteiger partial charge is 0.329 e. The summed E-state index contributed by atoms with van der Waals surface area (Å²) in [6.45, 7) is 12.0. The summed E-state index contributed by atoms with van der Waals surface area (Å²) in [6, 6.07) is -0.982. The van der Waals surface area contributed by atoms with Crippen LogP contribution in [0.1, 0.15) is 221 Å². The number of amides is 1. The van der Waals surface area contributed by atoms with Crippen LogP contribution < -0.4 is 5.32 Å². The van der Waals surface area contributed by atoms with Gasteiger partial charge in [0.25, 0.3) is 0 Å². The van der Waals surface area contributed by atoms with Crippen LogP contribution in [0.5, 0.6) is 0 Å². The summed E-state index contributed by atoms with van der Waals surface area (Å²) in [5.74, 6) is 0.409. The first-order chi connectivity index (χ1) is 23.3. The molecule has 0 aromatic rings. The largest absolute Gasteiger partial charge is 0.466 e. The van der Waals surface area contributed by atoms with Crippen molar-refractivity contribution in [1.29, 1.82) is 0 Å². The molecule has 1 atom stereocenters. The number of carbonyl (C=O) groups excluding carboxylic acids is 3. The minimum absolute atomic E-state index is 0.172. The lowest BCUT2D eigenvalue weighted by atomic mass is 10.0. The zero-order valence-electron chi connectivity index (χ0n) is 32.7. The predicted octanol–water partition coefficient (Wildman–Crippen LogP) is 12.2. The van der Waals surface area contributed by atoms with Gasteiger partial charge in [0.2, 0.25) is 5.91 Å². The number of ether oxygens (including phenoxy) is 2. The normalized spacial score (nSPS) is 12.1. The van der Waals surface area contributed by atoms with Gasteiger partial charge in [-0.1, -0.05) is 189 Å². The molecule has 284 valence electrons. The topological polar surface area (TPSA) is 81.7 Å². The van der Waals surface area contributed by atoms with Crippen molar-refractivity contribution in [2.24, 2.45) is 11.8 Å². The third-order valence-electron chi connectivity index (χ3n) is 9.36. The Morgan fingerprint density at radius 1 is 0.479 bits per heavy atom. The number of nitrogens with one attached hydrogen (secondary N) is 1. The molecule has 0 saturated carbocycles. The molecule has 0 aliphatic rings. The molecular formula is C42H81NO5. The molecule has 48 heavy (non-hydrogen) atoms. The maximum atomic E-state index is 13.0. The third kappa shape index (κ3) is 34.3. The molecule has 0 spiro atoms. The Morgan fingerprint density at radius 3 is 1.29 bits per heavy atom. The van der Waals surface area contributed by atoms with Crippen LogP contribution >= 0.6 is 0 Å². The van der Waals surface area contributed by atoms with Gasteiger partial charge in [0, 0.05) is 6.42 Å². The molecule has 0 aromatic heterocycles. The van der Waals surface area contributed by atoms with Crippen LogP contribution in [-0.2, 0) is 23.9 Å². The van der Waals surface area contributed by atoms with Crippen LogP contribution in [0.4, 0.5) is 0 Å². The lowest BCUT2D eigenvalue weighted by Gasteiger charge is -2.17. The van der Waals surface area contributed by atoms with E-state index in [9.17, 15) is 14.4 Å². The van der Waals surface area contributed by atoms with Crippen LogP contribution in [0, 0.1) is 11.8 Å². The molecule has 0 radical (unpaired) electrons. The maximum Gasteiger partial charge on any atom is 0.329 e. The number of esters is 2. The zero-order valence-corrected chi connectivity index (χ0v) is 32.7. The lowest BCUT2D eigenvalue weighted by Crippen LogP contribution is -2.43. The fourth-order valence-electron chi connectivity index (χ4n) is 6.17. The Kier molecular flexibility index (Phi) is 34.1. The first-order valence-corrected chi connectivity index (χ1v) is 20.9. The van der Waals surface area contributed by atoms with Crippen molar-refractivity contribution in [2.75, 3.05) is 13.2 Å². The molecule has 0 saturated heterocycles. The van der Waals surface area contributed by atoms with Crippen molar-refractivity contribution in [3.8, 4) is 0 Å². The third-order valence-corrected chi connectivity index (χ3v) is 9.36. The molecule has 1 amide bonds. The van der Waals surface area contributed by atoms with Crippen molar-refractivity contribution < 1.29 is 23.9 Å². The quantitative estimate of drug-likeness (QED) is 0.0526. The maximum absolute atomic E-state index is 13.0. The second-order valence-electron chi connectivity index (χ2n) is 15.3. The van der Waals surface area contributed by atoms with Gasteiger partial charge in [-0.05, 0) is 31.1 Å². The standard InChI is InChI=1S/C42H81NO5/c1-6-7-8-9-10-11-12-13-18-23-28-33-40(44)43-39(42(46)48-35-30-25-20-15-17-22-27-32-38(4)5)36-41(45)47-34-29-24-19-14-16-21-26-31-37(2)3/h37-39H,6-36H2,1-5H3,(H,43,44)/t39-/m0/s1. The van der Waals surface area contributed by atoms with Crippen molar-refractivity contribution in [3.63, 3.8) is 0 Å². The summed E-state index contributed by atoms with van der Waals surface area (Å²) in [5.41, 5.74) is 0. The van der Waals surface area contributed by atoms with Crippen molar-refractivity contribution in [3.05, 3.63) is 0 Å². The highest BCUT2D eigenvalue weighted by Gasteiger charge is 2.26. The minimum Gasteiger partial charge on any atom is -0.466 e. The number of carbonyl (C=O) groups is 3. The predicted molar refractivity (Wildman–Crippen MR) is 203 cm³/mol. The summed E-state index contributed by atoms with van der Waals surface area (Å²) >= 11 is 0. The molecule has 0 rings (SSSR count). The molecule has 0 bridgehead atoms. The summed E-state index contributed by atoms with van der Waals surface area (Å²) in [6.07, 6.45) is 32.4. The summed E-state index contributed by atoms with van der Waals surface area (Å²) in [7, 11) is 0. The molecule has 1 N–H and O–H groups in total. The molecule has 0 aliphatic carbocycles. The van der Waals surface area contributed by atoms with Gasteiger partial charge >= 0.3 is 11.9 Å². The highest BCUT2D eigenvalue weighted by Crippen LogP contribution is 2.15. The summed E-state index contributed by atoms with van der Waals surface area (Å²) in [4.78, 5) is 38.3. The molecule has 6 nitrogen and oxygen atoms in total. The van der Waals surface area contributed by atoms with Gasteiger partial charge < -0.3 is 14.8 Å². The SMILES string of the molecule is CCCCCCCCCCCCCC(=O)N[C@@H](CC(=O)OCCCCCCCCCC(C)C)C(=O)OCCCCCCCCCC(C)C. The molecule has 0 aromatic carbocycles. The van der Waals surface area contributed by atoms with E-state index in [2.05, 4.69) is 39.9 Å². The van der Waals surface area contributed by atoms with Crippen LogP contribution in [0.15, 0.2) is 0 Å². The van der Waals surface area contributed by atoms with Crippen molar-refractivity contribution >= 4 is 17.8 Å². The van der Waals surface area contributed by atoms with Gasteiger partial charge in [-0.2, -0.15) is 0 Å². The first-order valence-electron chi connectivity index (χ1n) is 20.9. The van der Waals surface area contributed by atoms with E-state index < -0.39 is 18.0 Å². The van der Waals surface area contributed by atoms with Gasteiger partial charge in [0.15, 0.2) is 0 Å². The molecule has 0 heterocycles. The van der Waals surface area contributed by atoms with E-state index in [-0.39, 0.29) is 12.3 Å². The van der Waals surface area contributed by atoms with Gasteiger partial charge in [-0.3, -0.25) is 9.59 Å². The number of unbranched alkanes of at least 4 members (excludes halogenated alkanes) is 22. The number of hydrogen-bond donors (Lipinski definition) is 1. The van der Waals surface area contributed by atoms with E-state index in [0.29, 0.717) is 19.6 Å². The van der Waals surface area contributed by atoms with Crippen molar-refractivity contribution in [2.45, 2.75) is 227 Å². The average Bonchev–Trinajstić information content (AvgIpc) is 3.04. The van der Waals surface area contributed by atoms with Crippen LogP contribution in [0.3, 0.4) is 0 Å². The Bertz CT molecular complexity index is 738. The number of rotatable bonds is 36. The second kappa shape index (κ2) is 35.2. The molecule has 0 fully saturated rings. The van der Waals surface area contributed by atoms with Crippen LogP contribution in [-0.4, -0.2) is 37.1 Å². The number of hydrogen-bond acceptors (Lipinski definition) is 5. The minimum atomic E-state index is -0.982. The van der Waals surface area contributed by atoms with E-state index >= 15 is 0 Å². The van der Waals surface area contributed by atoms with Gasteiger partial charge in [-0.25, -0.2) is 4.79 Å². The second-order valence-corrected chi connectivity index (χ2v) is 15.3. The Balaban J connectivity index is 4.39. The van der Waals surface area contributed by atoms with Crippen molar-refractivity contribution in [1.82, 2.24) is 5.32 Å². The van der Waals surface area contributed by atoms with Gasteiger partial charge in [0.1, 0.15) is 6.04 Å². The van der Waals surface area contributed by atoms with E-state index in [0.717, 1.165) is 69.6 Å². The van der Waals surface area contributed by atoms with Crippen LogP contribution in [0.2, 0.25) is 0 Å². The average molecular weight is 680 g/mol. The van der Waals surface area contributed by atoms with Crippen LogP contribution in [0.25, 0.3) is 0 Å². The summed E-state index contributed by atoms with van der Waals surface area (Å²) in [5, 5.41) is 2.80. The Hall–Kier alpha value is -1.59.